The number of phenolic OH excluding ortho intramolecular Hbond substituents is 1. The molecule has 0 amide bonds. The summed E-state index contributed by atoms with van der Waals surface area (Å²) < 4.78 is 5.10. The van der Waals surface area contributed by atoms with Gasteiger partial charge in [0.2, 0.25) is 0 Å². The van der Waals surface area contributed by atoms with Crippen molar-refractivity contribution in [3.63, 3.8) is 0 Å². The Bertz CT molecular complexity index is 1280. The fourth-order valence-corrected chi connectivity index (χ4v) is 4.72. The van der Waals surface area contributed by atoms with Crippen LogP contribution in [0.15, 0.2) is 23.0 Å². The van der Waals surface area contributed by atoms with E-state index in [0.717, 1.165) is 27.6 Å². The van der Waals surface area contributed by atoms with Crippen LogP contribution >= 0.6 is 0 Å². The minimum absolute atomic E-state index is 0.106. The van der Waals surface area contributed by atoms with Crippen molar-refractivity contribution in [3.8, 4) is 17.1 Å². The molecule has 0 spiro atoms. The molecule has 0 radical (unpaired) electrons. The van der Waals surface area contributed by atoms with E-state index in [0.29, 0.717) is 35.4 Å². The van der Waals surface area contributed by atoms with E-state index in [-0.39, 0.29) is 24.3 Å². The SMILES string of the molecule is CCc1c2c(nc3ccc(O)cc13)-c1[nH]c(=O)c3c(c1C2)C(O)(CC)C(=O)OC3. The highest BCUT2D eigenvalue weighted by molar-refractivity contribution is 5.91. The summed E-state index contributed by atoms with van der Waals surface area (Å²) in [6.45, 7) is 3.57. The molecule has 2 aliphatic rings. The number of ether oxygens (including phenoxy) is 1. The number of benzene rings is 1. The van der Waals surface area contributed by atoms with Crippen molar-refractivity contribution in [1.82, 2.24) is 9.97 Å². The van der Waals surface area contributed by atoms with Crippen molar-refractivity contribution in [1.29, 1.82) is 0 Å². The van der Waals surface area contributed by atoms with Crippen LogP contribution in [-0.2, 0) is 34.6 Å². The second-order valence-electron chi connectivity index (χ2n) is 7.60. The molecule has 1 aliphatic heterocycles. The average Bonchev–Trinajstić information content (AvgIpc) is 3.06. The second kappa shape index (κ2) is 5.90. The van der Waals surface area contributed by atoms with Gasteiger partial charge in [-0.3, -0.25) is 4.79 Å². The third-order valence-corrected chi connectivity index (χ3v) is 6.16. The number of aliphatic hydroxyl groups is 1. The van der Waals surface area contributed by atoms with Crippen LogP contribution in [0.25, 0.3) is 22.3 Å². The highest BCUT2D eigenvalue weighted by atomic mass is 16.6. The molecule has 29 heavy (non-hydrogen) atoms. The van der Waals surface area contributed by atoms with E-state index in [1.807, 2.05) is 6.92 Å². The molecule has 0 saturated carbocycles. The van der Waals surface area contributed by atoms with Gasteiger partial charge in [0.05, 0.1) is 22.5 Å². The fraction of sp³-hybridized carbons (Fsp3) is 0.318. The van der Waals surface area contributed by atoms with Crippen LogP contribution in [0.5, 0.6) is 5.75 Å². The molecule has 1 unspecified atom stereocenters. The summed E-state index contributed by atoms with van der Waals surface area (Å²) in [5.74, 6) is -0.562. The fourth-order valence-electron chi connectivity index (χ4n) is 4.72. The molecule has 1 atom stereocenters. The van der Waals surface area contributed by atoms with Crippen LogP contribution in [0.1, 0.15) is 48.1 Å². The molecule has 148 valence electrons. The zero-order valence-corrected chi connectivity index (χ0v) is 16.1. The zero-order chi connectivity index (χ0) is 20.5. The van der Waals surface area contributed by atoms with Gasteiger partial charge in [0.25, 0.3) is 5.56 Å². The van der Waals surface area contributed by atoms with Crippen LogP contribution in [0.3, 0.4) is 0 Å². The predicted octanol–water partition coefficient (Wildman–Crippen LogP) is 2.42. The largest absolute Gasteiger partial charge is 0.508 e. The van der Waals surface area contributed by atoms with E-state index in [4.69, 9.17) is 9.72 Å². The Morgan fingerprint density at radius 3 is 2.72 bits per heavy atom. The molecular formula is C22H20N2O5. The number of pyridine rings is 2. The van der Waals surface area contributed by atoms with Gasteiger partial charge in [-0.05, 0) is 47.7 Å². The Labute approximate surface area is 166 Å². The Kier molecular flexibility index (Phi) is 3.64. The molecular weight excluding hydrogens is 372 g/mol. The summed E-state index contributed by atoms with van der Waals surface area (Å²) in [7, 11) is 0. The molecule has 1 aromatic carbocycles. The highest BCUT2D eigenvalue weighted by Gasteiger charge is 2.47. The van der Waals surface area contributed by atoms with Gasteiger partial charge >= 0.3 is 5.97 Å². The van der Waals surface area contributed by atoms with Crippen molar-refractivity contribution in [3.05, 3.63) is 56.4 Å². The van der Waals surface area contributed by atoms with Crippen LogP contribution < -0.4 is 5.56 Å². The van der Waals surface area contributed by atoms with E-state index in [1.54, 1.807) is 25.1 Å². The lowest BCUT2D eigenvalue weighted by Crippen LogP contribution is -2.44. The van der Waals surface area contributed by atoms with Crippen LogP contribution in [0, 0.1) is 0 Å². The first kappa shape index (κ1) is 17.9. The number of hydrogen-bond acceptors (Lipinski definition) is 6. The lowest BCUT2D eigenvalue weighted by atomic mass is 9.82. The van der Waals surface area contributed by atoms with Gasteiger partial charge in [0.1, 0.15) is 12.4 Å². The van der Waals surface area contributed by atoms with Crippen molar-refractivity contribution in [2.24, 2.45) is 0 Å². The van der Waals surface area contributed by atoms with E-state index in [2.05, 4.69) is 4.98 Å². The molecule has 0 fully saturated rings. The van der Waals surface area contributed by atoms with Gasteiger partial charge in [-0.1, -0.05) is 13.8 Å². The Morgan fingerprint density at radius 1 is 1.21 bits per heavy atom. The number of rotatable bonds is 2. The lowest BCUT2D eigenvalue weighted by Gasteiger charge is -2.32. The predicted molar refractivity (Wildman–Crippen MR) is 106 cm³/mol. The minimum atomic E-state index is -1.85. The summed E-state index contributed by atoms with van der Waals surface area (Å²) in [5, 5.41) is 21.9. The third-order valence-electron chi connectivity index (χ3n) is 6.16. The number of nitrogens with one attached hydrogen (secondary N) is 1. The number of H-pyrrole nitrogens is 1. The summed E-state index contributed by atoms with van der Waals surface area (Å²) in [6, 6.07) is 5.03. The lowest BCUT2D eigenvalue weighted by molar-refractivity contribution is -0.172. The molecule has 1 aliphatic carbocycles. The quantitative estimate of drug-likeness (QED) is 0.452. The molecule has 3 aromatic rings. The van der Waals surface area contributed by atoms with Crippen LogP contribution in [-0.4, -0.2) is 26.2 Å². The summed E-state index contributed by atoms with van der Waals surface area (Å²) >= 11 is 0. The molecule has 0 saturated heterocycles. The smallest absolute Gasteiger partial charge is 0.343 e. The number of carbonyl (C=O) groups is 1. The van der Waals surface area contributed by atoms with E-state index >= 15 is 0 Å². The number of carbonyl (C=O) groups excluding carboxylic acids is 1. The van der Waals surface area contributed by atoms with Crippen LogP contribution in [0.4, 0.5) is 0 Å². The third kappa shape index (κ3) is 2.25. The van der Waals surface area contributed by atoms with E-state index < -0.39 is 11.6 Å². The van der Waals surface area contributed by atoms with Crippen molar-refractivity contribution >= 4 is 16.9 Å². The average molecular weight is 392 g/mol. The maximum Gasteiger partial charge on any atom is 0.343 e. The monoisotopic (exact) mass is 392 g/mol. The van der Waals surface area contributed by atoms with Gasteiger partial charge in [0.15, 0.2) is 5.60 Å². The number of esters is 1. The van der Waals surface area contributed by atoms with Gasteiger partial charge in [-0.2, -0.15) is 0 Å². The highest BCUT2D eigenvalue weighted by Crippen LogP contribution is 2.45. The first-order chi connectivity index (χ1) is 13.9. The number of aryl methyl sites for hydroxylation is 1. The standard InChI is InChI=1S/C22H20N2O5/c1-3-11-12-7-10(25)5-6-16(12)23-18-13(11)8-14-17-15(20(26)24-19(14)18)9-29-21(27)22(17,28)4-2/h5-7,25,28H,3-4,8-9H2,1-2H3,(H,24,26). The first-order valence-electron chi connectivity index (χ1n) is 9.72. The Balaban J connectivity index is 1.86. The summed E-state index contributed by atoms with van der Waals surface area (Å²) in [6.07, 6.45) is 1.27. The number of aromatic amines is 1. The molecule has 7 nitrogen and oxygen atoms in total. The molecule has 7 heteroatoms. The van der Waals surface area contributed by atoms with Crippen molar-refractivity contribution in [2.75, 3.05) is 0 Å². The van der Waals surface area contributed by atoms with Gasteiger partial charge < -0.3 is 19.9 Å². The second-order valence-corrected chi connectivity index (χ2v) is 7.60. The number of aromatic hydroxyl groups is 1. The van der Waals surface area contributed by atoms with E-state index in [1.165, 1.54) is 0 Å². The summed E-state index contributed by atoms with van der Waals surface area (Å²) in [5.41, 5.74) is 3.05. The Hall–Kier alpha value is -3.19. The molecule has 3 heterocycles. The van der Waals surface area contributed by atoms with E-state index in [9.17, 15) is 19.8 Å². The number of hydrogen-bond donors (Lipinski definition) is 3. The van der Waals surface area contributed by atoms with Gasteiger partial charge in [-0.25, -0.2) is 9.78 Å². The maximum absolute atomic E-state index is 12.8. The minimum Gasteiger partial charge on any atom is -0.508 e. The van der Waals surface area contributed by atoms with Gasteiger partial charge in [-0.15, -0.1) is 0 Å². The van der Waals surface area contributed by atoms with Crippen LogP contribution in [0.2, 0.25) is 0 Å². The maximum atomic E-state index is 12.8. The number of phenols is 1. The molecule has 3 N–H and O–H groups in total. The Morgan fingerprint density at radius 2 is 2.00 bits per heavy atom. The van der Waals surface area contributed by atoms with Crippen molar-refractivity contribution in [2.45, 2.75) is 45.3 Å². The molecule has 2 aromatic heterocycles. The number of fused-ring (bicyclic) bond motifs is 6. The first-order valence-corrected chi connectivity index (χ1v) is 9.72. The normalized spacial score (nSPS) is 19.6. The van der Waals surface area contributed by atoms with Gasteiger partial charge in [0, 0.05) is 17.4 Å². The zero-order valence-electron chi connectivity index (χ0n) is 16.1. The molecule has 0 bridgehead atoms. The number of aromatic nitrogens is 2. The number of nitrogens with zero attached hydrogens (tertiary/aromatic N) is 1. The van der Waals surface area contributed by atoms with Crippen molar-refractivity contribution < 1.29 is 19.7 Å². The number of cyclic esters (lactones) is 1. The summed E-state index contributed by atoms with van der Waals surface area (Å²) in [4.78, 5) is 32.9. The topological polar surface area (TPSA) is 113 Å². The molecule has 5 rings (SSSR count).